The van der Waals surface area contributed by atoms with Crippen molar-refractivity contribution in [1.29, 1.82) is 0 Å². The minimum atomic E-state index is -1.08. The van der Waals surface area contributed by atoms with E-state index in [9.17, 15) is 18.4 Å². The lowest BCUT2D eigenvalue weighted by atomic mass is 10.2. The van der Waals surface area contributed by atoms with Crippen LogP contribution in [0.3, 0.4) is 0 Å². The molecule has 0 spiro atoms. The third kappa shape index (κ3) is 3.65. The Bertz CT molecular complexity index is 1130. The number of hydrogen-bond donors (Lipinski definition) is 1. The second kappa shape index (κ2) is 7.60. The molecule has 1 amide bonds. The lowest BCUT2D eigenvalue weighted by Gasteiger charge is -2.33. The average molecular weight is 436 g/mol. The SMILES string of the molecule is COc1ccc2c(c1)N(Cc1nc3c(F)c(F)ccc3s1)C(=O)C(CC(=O)O)S2. The van der Waals surface area contributed by atoms with E-state index < -0.39 is 22.9 Å². The smallest absolute Gasteiger partial charge is 0.305 e. The van der Waals surface area contributed by atoms with Crippen LogP contribution in [-0.2, 0) is 16.1 Å². The summed E-state index contributed by atoms with van der Waals surface area (Å²) in [6, 6.07) is 7.65. The Hall–Kier alpha value is -2.72. The fourth-order valence-electron chi connectivity index (χ4n) is 3.07. The molecule has 29 heavy (non-hydrogen) atoms. The number of aliphatic carboxylic acids is 1. The molecule has 0 fully saturated rings. The number of thioether (sulfide) groups is 1. The van der Waals surface area contributed by atoms with Gasteiger partial charge in [-0.05, 0) is 24.3 Å². The van der Waals surface area contributed by atoms with Crippen molar-refractivity contribution in [1.82, 2.24) is 4.98 Å². The molecule has 1 unspecified atom stereocenters. The Kier molecular flexibility index (Phi) is 5.13. The molecular weight excluding hydrogens is 422 g/mol. The molecule has 4 rings (SSSR count). The van der Waals surface area contributed by atoms with Crippen molar-refractivity contribution in [3.05, 3.63) is 47.0 Å². The van der Waals surface area contributed by atoms with Crippen LogP contribution in [0.2, 0.25) is 0 Å². The summed E-state index contributed by atoms with van der Waals surface area (Å²) in [6.45, 7) is 0.0100. The number of amides is 1. The average Bonchev–Trinajstić information content (AvgIpc) is 3.11. The van der Waals surface area contributed by atoms with Gasteiger partial charge in [-0.1, -0.05) is 0 Å². The number of benzene rings is 2. The summed E-state index contributed by atoms with van der Waals surface area (Å²) in [4.78, 5) is 30.5. The maximum atomic E-state index is 14.0. The number of hydrogen-bond acceptors (Lipinski definition) is 6. The van der Waals surface area contributed by atoms with Gasteiger partial charge >= 0.3 is 5.97 Å². The first kappa shape index (κ1) is 19.6. The summed E-state index contributed by atoms with van der Waals surface area (Å²) in [7, 11) is 1.50. The Morgan fingerprint density at radius 1 is 1.31 bits per heavy atom. The van der Waals surface area contributed by atoms with Gasteiger partial charge in [-0.2, -0.15) is 0 Å². The third-order valence-corrected chi connectivity index (χ3v) is 6.67. The molecular formula is C19H14F2N2O4S2. The molecule has 2 heterocycles. The van der Waals surface area contributed by atoms with Crippen molar-refractivity contribution < 1.29 is 28.2 Å². The lowest BCUT2D eigenvalue weighted by Crippen LogP contribution is -2.41. The van der Waals surface area contributed by atoms with Crippen molar-refractivity contribution in [2.45, 2.75) is 23.1 Å². The summed E-state index contributed by atoms with van der Waals surface area (Å²) in [5.74, 6) is -2.95. The minimum Gasteiger partial charge on any atom is -0.497 e. The Morgan fingerprint density at radius 2 is 2.10 bits per heavy atom. The molecule has 0 bridgehead atoms. The number of anilines is 1. The zero-order valence-corrected chi connectivity index (χ0v) is 16.7. The Labute approximate surface area is 172 Å². The second-order valence-electron chi connectivity index (χ2n) is 6.28. The lowest BCUT2D eigenvalue weighted by molar-refractivity contribution is -0.138. The highest BCUT2D eigenvalue weighted by Crippen LogP contribution is 2.43. The van der Waals surface area contributed by atoms with Gasteiger partial charge in [-0.3, -0.25) is 9.59 Å². The van der Waals surface area contributed by atoms with Crippen molar-refractivity contribution in [3.8, 4) is 5.75 Å². The van der Waals surface area contributed by atoms with Crippen molar-refractivity contribution in [2.75, 3.05) is 12.0 Å². The molecule has 150 valence electrons. The van der Waals surface area contributed by atoms with Gasteiger partial charge in [0.05, 0.1) is 35.7 Å². The molecule has 2 aromatic carbocycles. The van der Waals surface area contributed by atoms with Crippen LogP contribution in [0, 0.1) is 11.6 Å². The first-order valence-corrected chi connectivity index (χ1v) is 10.2. The van der Waals surface area contributed by atoms with Gasteiger partial charge in [-0.25, -0.2) is 13.8 Å². The van der Waals surface area contributed by atoms with Crippen LogP contribution in [0.4, 0.5) is 14.5 Å². The second-order valence-corrected chi connectivity index (χ2v) is 8.64. The molecule has 0 saturated heterocycles. The van der Waals surface area contributed by atoms with Gasteiger partial charge in [-0.15, -0.1) is 23.1 Å². The fourth-order valence-corrected chi connectivity index (χ4v) is 5.22. The molecule has 1 aliphatic rings. The number of carbonyl (C=O) groups excluding carboxylic acids is 1. The minimum absolute atomic E-state index is 0.0100. The molecule has 1 aliphatic heterocycles. The number of carboxylic acid groups (broad SMARTS) is 1. The van der Waals surface area contributed by atoms with E-state index >= 15 is 0 Å². The van der Waals surface area contributed by atoms with Gasteiger partial charge < -0.3 is 14.7 Å². The van der Waals surface area contributed by atoms with E-state index in [0.717, 1.165) is 22.3 Å². The van der Waals surface area contributed by atoms with Crippen LogP contribution in [0.5, 0.6) is 5.75 Å². The Balaban J connectivity index is 1.75. The zero-order valence-electron chi connectivity index (χ0n) is 15.0. The van der Waals surface area contributed by atoms with Gasteiger partial charge in [0.25, 0.3) is 0 Å². The molecule has 1 N–H and O–H groups in total. The molecule has 0 aliphatic carbocycles. The van der Waals surface area contributed by atoms with E-state index in [4.69, 9.17) is 9.84 Å². The predicted octanol–water partition coefficient (Wildman–Crippen LogP) is 4.07. The molecule has 1 atom stereocenters. The molecule has 3 aromatic rings. The summed E-state index contributed by atoms with van der Waals surface area (Å²) >= 11 is 2.33. The van der Waals surface area contributed by atoms with Crippen LogP contribution in [0.15, 0.2) is 35.2 Å². The van der Waals surface area contributed by atoms with Crippen LogP contribution in [-0.4, -0.2) is 34.3 Å². The van der Waals surface area contributed by atoms with E-state index in [1.54, 1.807) is 18.2 Å². The van der Waals surface area contributed by atoms with Crippen LogP contribution in [0.25, 0.3) is 10.2 Å². The van der Waals surface area contributed by atoms with Crippen molar-refractivity contribution in [3.63, 3.8) is 0 Å². The van der Waals surface area contributed by atoms with E-state index in [1.165, 1.54) is 29.8 Å². The van der Waals surface area contributed by atoms with E-state index in [-0.39, 0.29) is 24.4 Å². The first-order chi connectivity index (χ1) is 13.9. The predicted molar refractivity (Wildman–Crippen MR) is 106 cm³/mol. The maximum absolute atomic E-state index is 14.0. The molecule has 0 radical (unpaired) electrons. The third-order valence-electron chi connectivity index (χ3n) is 4.42. The van der Waals surface area contributed by atoms with Crippen molar-refractivity contribution >= 4 is 50.9 Å². The van der Waals surface area contributed by atoms with E-state index in [0.29, 0.717) is 21.1 Å². The number of ether oxygens (including phenoxy) is 1. The monoisotopic (exact) mass is 436 g/mol. The number of methoxy groups -OCH3 is 1. The molecule has 0 saturated carbocycles. The number of fused-ring (bicyclic) bond motifs is 2. The normalized spacial score (nSPS) is 16.2. The first-order valence-electron chi connectivity index (χ1n) is 8.48. The number of halogens is 2. The highest BCUT2D eigenvalue weighted by atomic mass is 32.2. The fraction of sp³-hybridized carbons (Fsp3) is 0.211. The van der Waals surface area contributed by atoms with Crippen LogP contribution in [0.1, 0.15) is 11.4 Å². The number of thiazole rings is 1. The van der Waals surface area contributed by atoms with Crippen LogP contribution >= 0.6 is 23.1 Å². The number of aromatic nitrogens is 1. The summed E-state index contributed by atoms with van der Waals surface area (Å²) in [6.07, 6.45) is -0.328. The van der Waals surface area contributed by atoms with Crippen molar-refractivity contribution in [2.24, 2.45) is 0 Å². The summed E-state index contributed by atoms with van der Waals surface area (Å²) in [5.41, 5.74) is 0.476. The summed E-state index contributed by atoms with van der Waals surface area (Å²) in [5, 5.41) is 8.77. The van der Waals surface area contributed by atoms with Gasteiger partial charge in [0, 0.05) is 11.0 Å². The van der Waals surface area contributed by atoms with Gasteiger partial charge in [0.1, 0.15) is 16.3 Å². The Morgan fingerprint density at radius 3 is 2.83 bits per heavy atom. The quantitative estimate of drug-likeness (QED) is 0.650. The van der Waals surface area contributed by atoms with Crippen LogP contribution < -0.4 is 9.64 Å². The van der Waals surface area contributed by atoms with Gasteiger partial charge in [0.15, 0.2) is 11.6 Å². The largest absolute Gasteiger partial charge is 0.497 e. The zero-order chi connectivity index (χ0) is 20.7. The topological polar surface area (TPSA) is 79.7 Å². The summed E-state index contributed by atoms with van der Waals surface area (Å²) < 4.78 is 33.2. The molecule has 6 nitrogen and oxygen atoms in total. The number of nitrogens with zero attached hydrogens (tertiary/aromatic N) is 2. The highest BCUT2D eigenvalue weighted by molar-refractivity contribution is 8.01. The van der Waals surface area contributed by atoms with E-state index in [1.807, 2.05) is 0 Å². The highest BCUT2D eigenvalue weighted by Gasteiger charge is 2.35. The van der Waals surface area contributed by atoms with E-state index in [2.05, 4.69) is 4.98 Å². The standard InChI is InChI=1S/C19H14F2N2O4S2/c1-27-9-2-4-12-11(6-9)23(19(26)14(28-12)7-16(24)25)8-15-22-18-13(29-15)5-3-10(20)17(18)21/h2-6,14H,7-8H2,1H3,(H,24,25). The number of rotatable bonds is 5. The number of carbonyl (C=O) groups is 2. The molecule has 1 aromatic heterocycles. The number of carboxylic acids is 1. The van der Waals surface area contributed by atoms with Gasteiger partial charge in [0.2, 0.25) is 5.91 Å². The molecule has 10 heteroatoms. The maximum Gasteiger partial charge on any atom is 0.305 e.